The van der Waals surface area contributed by atoms with Gasteiger partial charge in [-0.2, -0.15) is 0 Å². The molecule has 0 N–H and O–H groups in total. The zero-order valence-corrected chi connectivity index (χ0v) is 19.4. The second-order valence-electron chi connectivity index (χ2n) is 10.3. The summed E-state index contributed by atoms with van der Waals surface area (Å²) in [6, 6.07) is 8.52. The van der Waals surface area contributed by atoms with E-state index in [1.807, 2.05) is 12.5 Å². The van der Waals surface area contributed by atoms with E-state index < -0.39 is 8.32 Å². The summed E-state index contributed by atoms with van der Waals surface area (Å²) in [6.07, 6.45) is 8.63. The topological polar surface area (TPSA) is 44.1 Å². The number of nitrogens with zero attached hydrogens (tertiary/aromatic N) is 2. The fourth-order valence-electron chi connectivity index (χ4n) is 4.59. The highest BCUT2D eigenvalue weighted by atomic mass is 28.4. The van der Waals surface area contributed by atoms with E-state index >= 15 is 0 Å². The average Bonchev–Trinajstić information content (AvgIpc) is 3.24. The summed E-state index contributed by atoms with van der Waals surface area (Å²) in [6.45, 7) is 11.5. The zero-order chi connectivity index (χ0) is 20.8. The van der Waals surface area contributed by atoms with Crippen LogP contribution in [0, 0.1) is 5.92 Å². The fourth-order valence-corrected chi connectivity index (χ4v) is 6.02. The lowest BCUT2D eigenvalue weighted by Crippen LogP contribution is -2.45. The molecule has 2 heterocycles. The molecule has 1 fully saturated rings. The normalized spacial score (nSPS) is 24.2. The van der Waals surface area contributed by atoms with Gasteiger partial charge < -0.3 is 8.99 Å². The van der Waals surface area contributed by atoms with Crippen molar-refractivity contribution in [3.8, 4) is 11.3 Å². The van der Waals surface area contributed by atoms with Gasteiger partial charge in [-0.1, -0.05) is 45.0 Å². The van der Waals surface area contributed by atoms with Gasteiger partial charge in [0.05, 0.1) is 24.3 Å². The number of benzene rings is 1. The van der Waals surface area contributed by atoms with Crippen LogP contribution in [0.25, 0.3) is 11.3 Å². The summed E-state index contributed by atoms with van der Waals surface area (Å²) < 4.78 is 8.78. The lowest BCUT2D eigenvalue weighted by Gasteiger charge is -2.41. The Morgan fingerprint density at radius 2 is 1.86 bits per heavy atom. The second-order valence-corrected chi connectivity index (χ2v) is 15.1. The number of rotatable bonds is 5. The number of fused-ring (bicyclic) bond motifs is 3. The van der Waals surface area contributed by atoms with E-state index in [2.05, 4.69) is 67.7 Å². The monoisotopic (exact) mass is 410 g/mol. The minimum Gasteiger partial charge on any atom is -0.414 e. The van der Waals surface area contributed by atoms with Gasteiger partial charge in [0.15, 0.2) is 8.32 Å². The first kappa shape index (κ1) is 20.5. The standard InChI is InChI=1S/C24H34N2O2Si/c1-24(2,3)29(4,5)28-18-12-10-17(11-13-18)23(27)14-21-19-8-6-7-9-20(19)22-15-25-16-26(21)22/h6-9,15-18,21H,10-14H2,1-5H3/t17?,18?,21-/m1/s1. The highest BCUT2D eigenvalue weighted by Gasteiger charge is 2.40. The summed E-state index contributed by atoms with van der Waals surface area (Å²) in [4.78, 5) is 17.5. The summed E-state index contributed by atoms with van der Waals surface area (Å²) in [5, 5.41) is 0.234. The molecule has 29 heavy (non-hydrogen) atoms. The third-order valence-corrected chi connectivity index (χ3v) is 11.9. The molecule has 1 aromatic carbocycles. The summed E-state index contributed by atoms with van der Waals surface area (Å²) in [5.41, 5.74) is 3.60. The first-order valence-corrected chi connectivity index (χ1v) is 13.9. The smallest absolute Gasteiger partial charge is 0.192 e. The fraction of sp³-hybridized carbons (Fsp3) is 0.583. The van der Waals surface area contributed by atoms with Gasteiger partial charge in [0.2, 0.25) is 0 Å². The quantitative estimate of drug-likeness (QED) is 0.568. The van der Waals surface area contributed by atoms with Crippen LogP contribution in [0.15, 0.2) is 36.8 Å². The van der Waals surface area contributed by atoms with Crippen molar-refractivity contribution < 1.29 is 9.22 Å². The molecule has 5 heteroatoms. The van der Waals surface area contributed by atoms with Gasteiger partial charge in [-0.15, -0.1) is 0 Å². The van der Waals surface area contributed by atoms with Crippen LogP contribution in [0.5, 0.6) is 0 Å². The van der Waals surface area contributed by atoms with Crippen molar-refractivity contribution in [2.75, 3.05) is 0 Å². The first-order valence-electron chi connectivity index (χ1n) is 11.0. The Morgan fingerprint density at radius 1 is 1.17 bits per heavy atom. The minimum atomic E-state index is -1.74. The molecule has 1 aliphatic carbocycles. The molecule has 0 amide bonds. The summed E-state index contributed by atoms with van der Waals surface area (Å²) in [7, 11) is -1.74. The van der Waals surface area contributed by atoms with Gasteiger partial charge in [0.1, 0.15) is 5.78 Å². The molecule has 0 bridgehead atoms. The Bertz CT molecular complexity index is 888. The van der Waals surface area contributed by atoms with Gasteiger partial charge >= 0.3 is 0 Å². The highest BCUT2D eigenvalue weighted by Crippen LogP contribution is 2.43. The molecule has 1 aliphatic heterocycles. The first-order chi connectivity index (χ1) is 13.7. The maximum absolute atomic E-state index is 13.2. The van der Waals surface area contributed by atoms with Crippen molar-refractivity contribution in [3.63, 3.8) is 0 Å². The van der Waals surface area contributed by atoms with E-state index in [4.69, 9.17) is 4.43 Å². The molecule has 1 saturated carbocycles. The van der Waals surface area contributed by atoms with Crippen LogP contribution in [-0.4, -0.2) is 29.8 Å². The number of aromatic nitrogens is 2. The van der Waals surface area contributed by atoms with Gasteiger partial charge in [-0.25, -0.2) is 4.98 Å². The lowest BCUT2D eigenvalue weighted by atomic mass is 9.82. The maximum atomic E-state index is 13.2. The molecule has 156 valence electrons. The predicted molar refractivity (Wildman–Crippen MR) is 119 cm³/mol. The molecule has 2 aromatic rings. The summed E-state index contributed by atoms with van der Waals surface area (Å²) in [5.74, 6) is 0.575. The van der Waals surface area contributed by atoms with Gasteiger partial charge in [-0.3, -0.25) is 4.79 Å². The molecule has 0 spiro atoms. The van der Waals surface area contributed by atoms with E-state index in [9.17, 15) is 4.79 Å². The zero-order valence-electron chi connectivity index (χ0n) is 18.4. The van der Waals surface area contributed by atoms with Crippen molar-refractivity contribution in [2.45, 2.75) is 83.2 Å². The number of carbonyl (C=O) groups is 1. The molecular weight excluding hydrogens is 376 g/mol. The Balaban J connectivity index is 1.38. The molecule has 0 unspecified atom stereocenters. The SMILES string of the molecule is CC(C)(C)[Si](C)(C)OC1CCC(C(=O)C[C@@H]2c3ccccc3-c3cncn32)CC1. The van der Waals surface area contributed by atoms with Crippen LogP contribution in [0.2, 0.25) is 18.1 Å². The number of imidazole rings is 1. The Labute approximate surface area is 175 Å². The van der Waals surface area contributed by atoms with Crippen LogP contribution in [-0.2, 0) is 9.22 Å². The maximum Gasteiger partial charge on any atom is 0.192 e. The molecule has 4 nitrogen and oxygen atoms in total. The van der Waals surface area contributed by atoms with Crippen molar-refractivity contribution in [1.29, 1.82) is 0 Å². The molecule has 4 rings (SSSR count). The van der Waals surface area contributed by atoms with Crippen molar-refractivity contribution in [3.05, 3.63) is 42.4 Å². The number of Topliss-reactive ketones (excluding diaryl/α,β-unsaturated/α-hetero) is 1. The van der Waals surface area contributed by atoms with Crippen LogP contribution in [0.4, 0.5) is 0 Å². The largest absolute Gasteiger partial charge is 0.414 e. The van der Waals surface area contributed by atoms with Crippen molar-refractivity contribution in [1.82, 2.24) is 9.55 Å². The van der Waals surface area contributed by atoms with Crippen LogP contribution >= 0.6 is 0 Å². The lowest BCUT2D eigenvalue weighted by molar-refractivity contribution is -0.124. The molecule has 0 saturated heterocycles. The number of carbonyl (C=O) groups excluding carboxylic acids is 1. The highest BCUT2D eigenvalue weighted by molar-refractivity contribution is 6.74. The van der Waals surface area contributed by atoms with Crippen molar-refractivity contribution >= 4 is 14.1 Å². The molecule has 0 radical (unpaired) electrons. The van der Waals surface area contributed by atoms with E-state index in [1.165, 1.54) is 11.1 Å². The molecular formula is C24H34N2O2Si. The van der Waals surface area contributed by atoms with Crippen molar-refractivity contribution in [2.24, 2.45) is 5.92 Å². The molecule has 1 atom stereocenters. The van der Waals surface area contributed by atoms with Crippen LogP contribution in [0.1, 0.15) is 64.5 Å². The number of ketones is 1. The van der Waals surface area contributed by atoms with Gasteiger partial charge in [0, 0.05) is 24.0 Å². The number of hydrogen-bond acceptors (Lipinski definition) is 3. The second kappa shape index (κ2) is 7.51. The Kier molecular flexibility index (Phi) is 5.32. The van der Waals surface area contributed by atoms with E-state index in [0.717, 1.165) is 31.4 Å². The Morgan fingerprint density at radius 3 is 2.55 bits per heavy atom. The summed E-state index contributed by atoms with van der Waals surface area (Å²) >= 11 is 0. The van der Waals surface area contributed by atoms with E-state index in [1.54, 1.807) is 0 Å². The molecule has 1 aromatic heterocycles. The third kappa shape index (κ3) is 3.87. The number of hydrogen-bond donors (Lipinski definition) is 0. The van der Waals surface area contributed by atoms with Crippen LogP contribution in [0.3, 0.4) is 0 Å². The molecule has 2 aliphatic rings. The predicted octanol–water partition coefficient (Wildman–Crippen LogP) is 5.99. The van der Waals surface area contributed by atoms with Gasteiger partial charge in [-0.05, 0) is 49.4 Å². The van der Waals surface area contributed by atoms with Crippen LogP contribution < -0.4 is 0 Å². The van der Waals surface area contributed by atoms with E-state index in [0.29, 0.717) is 18.3 Å². The average molecular weight is 411 g/mol. The van der Waals surface area contributed by atoms with Gasteiger partial charge in [0.25, 0.3) is 0 Å². The third-order valence-electron chi connectivity index (χ3n) is 7.39. The van der Waals surface area contributed by atoms with E-state index in [-0.39, 0.29) is 17.0 Å². The minimum absolute atomic E-state index is 0.0948. The Hall–Kier alpha value is -1.72.